The second-order valence-electron chi connectivity index (χ2n) is 3.71. The van der Waals surface area contributed by atoms with Crippen LogP contribution in [0.2, 0.25) is 18.1 Å². The fourth-order valence-corrected chi connectivity index (χ4v) is 5.34. The van der Waals surface area contributed by atoms with Crippen LogP contribution in [0.15, 0.2) is 12.5 Å². The molecule has 0 amide bonds. The molecule has 0 saturated carbocycles. The van der Waals surface area contributed by atoms with Crippen molar-refractivity contribution >= 4 is 8.24 Å². The molecule has 0 fully saturated rings. The second-order valence-corrected chi connectivity index (χ2v) is 8.79. The van der Waals surface area contributed by atoms with E-state index in [0.29, 0.717) is 0 Å². The van der Waals surface area contributed by atoms with Crippen molar-refractivity contribution < 1.29 is 0 Å². The van der Waals surface area contributed by atoms with E-state index in [1.165, 1.54) is 18.1 Å². The Morgan fingerprint density at radius 2 is 1.77 bits per heavy atom. The minimum atomic E-state index is -1.22. The zero-order valence-electron chi connectivity index (χ0n) is 9.17. The normalized spacial score (nSPS) is 12.0. The van der Waals surface area contributed by atoms with Crippen molar-refractivity contribution in [3.63, 3.8) is 0 Å². The topological polar surface area (TPSA) is 17.8 Å². The molecular formula is C10H20N2Si. The van der Waals surface area contributed by atoms with Crippen molar-refractivity contribution in [3.8, 4) is 0 Å². The smallest absolute Gasteiger partial charge is 0.162 e. The fourth-order valence-electron chi connectivity index (χ4n) is 1.98. The molecule has 0 saturated heterocycles. The molecule has 0 aliphatic carbocycles. The third kappa shape index (κ3) is 1.85. The summed E-state index contributed by atoms with van der Waals surface area (Å²) in [6.45, 7) is 9.01. The van der Waals surface area contributed by atoms with E-state index in [2.05, 4.69) is 43.1 Å². The number of nitrogens with zero attached hydrogens (tertiary/aromatic N) is 2. The van der Waals surface area contributed by atoms with Crippen molar-refractivity contribution in [2.45, 2.75) is 45.8 Å². The fraction of sp³-hybridized carbons (Fsp3) is 0.700. The summed E-state index contributed by atoms with van der Waals surface area (Å²) in [5, 5.41) is 0. The number of aryl methyl sites for hydroxylation is 1. The van der Waals surface area contributed by atoms with Crippen LogP contribution in [0.25, 0.3) is 0 Å². The predicted octanol–water partition coefficient (Wildman–Crippen LogP) is 3.04. The highest BCUT2D eigenvalue weighted by Crippen LogP contribution is 2.22. The number of aromatic nitrogens is 2. The van der Waals surface area contributed by atoms with E-state index in [1.54, 1.807) is 0 Å². The standard InChI is InChI=1S/C10H20N2Si/c1-5-13(6-2,7-3)12-8-10(4)11-9-12/h8-9H,5-7H2,1-4H3. The predicted molar refractivity (Wildman–Crippen MR) is 59.6 cm³/mol. The Morgan fingerprint density at radius 3 is 2.08 bits per heavy atom. The summed E-state index contributed by atoms with van der Waals surface area (Å²) < 4.78 is 2.42. The first-order valence-corrected chi connectivity index (χ1v) is 7.76. The summed E-state index contributed by atoms with van der Waals surface area (Å²) >= 11 is 0. The number of imidazole rings is 1. The zero-order chi connectivity index (χ0) is 9.90. The van der Waals surface area contributed by atoms with Crippen molar-refractivity contribution in [1.29, 1.82) is 0 Å². The van der Waals surface area contributed by atoms with Crippen LogP contribution in [0.4, 0.5) is 0 Å². The van der Waals surface area contributed by atoms with E-state index in [4.69, 9.17) is 0 Å². The molecule has 0 aliphatic rings. The molecule has 1 aromatic rings. The molecule has 3 heteroatoms. The van der Waals surface area contributed by atoms with Gasteiger partial charge in [0.15, 0.2) is 8.24 Å². The maximum atomic E-state index is 4.32. The van der Waals surface area contributed by atoms with Crippen LogP contribution >= 0.6 is 0 Å². The van der Waals surface area contributed by atoms with Crippen molar-refractivity contribution in [2.24, 2.45) is 0 Å². The third-order valence-corrected chi connectivity index (χ3v) is 8.52. The van der Waals surface area contributed by atoms with Gasteiger partial charge in [-0.2, -0.15) is 0 Å². The van der Waals surface area contributed by atoms with E-state index in [-0.39, 0.29) is 0 Å². The molecule has 0 spiro atoms. The summed E-state index contributed by atoms with van der Waals surface area (Å²) in [5.74, 6) is 0. The molecule has 0 unspecified atom stereocenters. The molecule has 0 aromatic carbocycles. The van der Waals surface area contributed by atoms with E-state index >= 15 is 0 Å². The lowest BCUT2D eigenvalue weighted by atomic mass is 10.6. The molecule has 0 N–H and O–H groups in total. The van der Waals surface area contributed by atoms with Gasteiger partial charge in [0.1, 0.15) is 0 Å². The average Bonchev–Trinajstić information content (AvgIpc) is 2.57. The molecule has 13 heavy (non-hydrogen) atoms. The van der Waals surface area contributed by atoms with Gasteiger partial charge in [-0.3, -0.25) is 0 Å². The van der Waals surface area contributed by atoms with Crippen LogP contribution in [0.3, 0.4) is 0 Å². The largest absolute Gasteiger partial charge is 0.364 e. The Bertz CT molecular complexity index is 255. The monoisotopic (exact) mass is 196 g/mol. The lowest BCUT2D eigenvalue weighted by Gasteiger charge is -2.29. The molecule has 1 aromatic heterocycles. The van der Waals surface area contributed by atoms with Crippen LogP contribution in [-0.2, 0) is 0 Å². The summed E-state index contributed by atoms with van der Waals surface area (Å²) in [5.41, 5.74) is 1.15. The van der Waals surface area contributed by atoms with E-state index in [0.717, 1.165) is 5.69 Å². The summed E-state index contributed by atoms with van der Waals surface area (Å²) in [4.78, 5) is 4.32. The van der Waals surface area contributed by atoms with Crippen molar-refractivity contribution in [2.75, 3.05) is 0 Å². The zero-order valence-corrected chi connectivity index (χ0v) is 10.2. The summed E-state index contributed by atoms with van der Waals surface area (Å²) in [6.07, 6.45) is 4.24. The first kappa shape index (κ1) is 10.5. The number of rotatable bonds is 4. The molecular weight excluding hydrogens is 176 g/mol. The Labute approximate surface area is 82.1 Å². The lowest BCUT2D eigenvalue weighted by Crippen LogP contribution is -2.40. The van der Waals surface area contributed by atoms with Gasteiger partial charge in [-0.1, -0.05) is 20.8 Å². The Balaban J connectivity index is 3.00. The van der Waals surface area contributed by atoms with Crippen molar-refractivity contribution in [1.82, 2.24) is 9.22 Å². The highest BCUT2D eigenvalue weighted by Gasteiger charge is 2.29. The number of hydrogen-bond donors (Lipinski definition) is 0. The minimum Gasteiger partial charge on any atom is -0.364 e. The third-order valence-electron chi connectivity index (χ3n) is 3.23. The van der Waals surface area contributed by atoms with Gasteiger partial charge in [-0.25, -0.2) is 4.98 Å². The van der Waals surface area contributed by atoms with Gasteiger partial charge in [0, 0.05) is 6.20 Å². The molecule has 74 valence electrons. The molecule has 0 bridgehead atoms. The number of hydrogen-bond acceptors (Lipinski definition) is 1. The van der Waals surface area contributed by atoms with Gasteiger partial charge in [0.2, 0.25) is 0 Å². The molecule has 1 heterocycles. The maximum Gasteiger partial charge on any atom is 0.162 e. The first-order chi connectivity index (χ1) is 6.18. The first-order valence-electron chi connectivity index (χ1n) is 5.19. The Hall–Kier alpha value is -0.573. The van der Waals surface area contributed by atoms with Gasteiger partial charge in [0.25, 0.3) is 0 Å². The maximum absolute atomic E-state index is 4.32. The Kier molecular flexibility index (Phi) is 3.31. The average molecular weight is 196 g/mol. The van der Waals surface area contributed by atoms with E-state index < -0.39 is 8.24 Å². The SMILES string of the molecule is CC[Si](CC)(CC)n1cnc(C)c1. The quantitative estimate of drug-likeness (QED) is 0.677. The summed E-state index contributed by atoms with van der Waals surface area (Å²) in [7, 11) is -1.22. The van der Waals surface area contributed by atoms with Gasteiger partial charge in [-0.05, 0) is 25.1 Å². The van der Waals surface area contributed by atoms with Crippen LogP contribution in [0, 0.1) is 6.92 Å². The van der Waals surface area contributed by atoms with Crippen LogP contribution in [-0.4, -0.2) is 17.5 Å². The molecule has 0 aliphatic heterocycles. The van der Waals surface area contributed by atoms with Gasteiger partial charge in [0.05, 0.1) is 12.0 Å². The lowest BCUT2D eigenvalue weighted by molar-refractivity contribution is 1.00. The highest BCUT2D eigenvalue weighted by molar-refractivity contribution is 6.78. The van der Waals surface area contributed by atoms with Crippen molar-refractivity contribution in [3.05, 3.63) is 18.2 Å². The minimum absolute atomic E-state index is 1.15. The highest BCUT2D eigenvalue weighted by atomic mass is 28.3. The van der Waals surface area contributed by atoms with Crippen LogP contribution in [0.5, 0.6) is 0 Å². The van der Waals surface area contributed by atoms with Gasteiger partial charge < -0.3 is 4.23 Å². The van der Waals surface area contributed by atoms with Crippen LogP contribution in [0.1, 0.15) is 26.5 Å². The molecule has 1 rings (SSSR count). The molecule has 0 atom stereocenters. The van der Waals surface area contributed by atoms with Gasteiger partial charge in [-0.15, -0.1) is 0 Å². The van der Waals surface area contributed by atoms with Gasteiger partial charge >= 0.3 is 0 Å². The molecule has 0 radical (unpaired) electrons. The van der Waals surface area contributed by atoms with E-state index in [9.17, 15) is 0 Å². The molecule has 2 nitrogen and oxygen atoms in total. The van der Waals surface area contributed by atoms with Crippen LogP contribution < -0.4 is 0 Å². The van der Waals surface area contributed by atoms with E-state index in [1.807, 2.05) is 6.33 Å². The summed E-state index contributed by atoms with van der Waals surface area (Å²) in [6, 6.07) is 3.95. The Morgan fingerprint density at radius 1 is 1.23 bits per heavy atom. The second kappa shape index (κ2) is 4.09.